The number of carbonyl (C=O) groups excluding carboxylic acids is 2. The van der Waals surface area contributed by atoms with Crippen molar-refractivity contribution in [2.75, 3.05) is 25.5 Å². The third-order valence-corrected chi connectivity index (χ3v) is 3.68. The molecule has 0 aliphatic rings. The van der Waals surface area contributed by atoms with Crippen LogP contribution >= 0.6 is 0 Å². The Kier molecular flexibility index (Phi) is 6.71. The van der Waals surface area contributed by atoms with Crippen LogP contribution in [0, 0.1) is 6.92 Å². The van der Waals surface area contributed by atoms with Gasteiger partial charge in [-0.3, -0.25) is 9.69 Å². The lowest BCUT2D eigenvalue weighted by atomic mass is 10.1. The average molecular weight is 340 g/mol. The number of benzene rings is 2. The minimum absolute atomic E-state index is 0.175. The molecule has 0 atom stereocenters. The smallest absolute Gasteiger partial charge is 0.340 e. The molecule has 2 rings (SSSR count). The molecule has 1 N–H and O–H groups in total. The lowest BCUT2D eigenvalue weighted by Crippen LogP contribution is -2.30. The topological polar surface area (TPSA) is 58.6 Å². The molecule has 25 heavy (non-hydrogen) atoms. The second kappa shape index (κ2) is 8.99. The number of para-hydroxylation sites is 1. The van der Waals surface area contributed by atoms with Gasteiger partial charge in [0, 0.05) is 6.54 Å². The maximum absolute atomic E-state index is 12.3. The van der Waals surface area contributed by atoms with E-state index in [9.17, 15) is 9.59 Å². The van der Waals surface area contributed by atoms with Gasteiger partial charge in [0.15, 0.2) is 0 Å². The van der Waals surface area contributed by atoms with Gasteiger partial charge in [0.2, 0.25) is 5.91 Å². The average Bonchev–Trinajstić information content (AvgIpc) is 2.57. The third-order valence-electron chi connectivity index (χ3n) is 3.68. The first-order valence-corrected chi connectivity index (χ1v) is 8.29. The Balaban J connectivity index is 1.95. The zero-order valence-corrected chi connectivity index (χ0v) is 14.9. The number of hydrogen-bond acceptors (Lipinski definition) is 4. The van der Waals surface area contributed by atoms with E-state index in [2.05, 4.69) is 29.6 Å². The Hall–Kier alpha value is -2.66. The Bertz CT molecular complexity index is 726. The molecule has 5 heteroatoms. The zero-order valence-electron chi connectivity index (χ0n) is 14.9. The zero-order chi connectivity index (χ0) is 18.2. The van der Waals surface area contributed by atoms with Crippen LogP contribution in [-0.4, -0.2) is 37.0 Å². The number of hydrogen-bond donors (Lipinski definition) is 1. The number of rotatable bonds is 7. The molecule has 0 unspecified atom stereocenters. The Labute approximate surface area is 148 Å². The maximum Gasteiger partial charge on any atom is 0.340 e. The van der Waals surface area contributed by atoms with Crippen LogP contribution in [0.25, 0.3) is 0 Å². The maximum atomic E-state index is 12.3. The molecule has 0 bridgehead atoms. The van der Waals surface area contributed by atoms with Crippen LogP contribution in [-0.2, 0) is 16.1 Å². The van der Waals surface area contributed by atoms with Gasteiger partial charge in [-0.2, -0.15) is 0 Å². The molecule has 0 aliphatic heterocycles. The number of amides is 1. The minimum Gasteiger partial charge on any atom is -0.462 e. The minimum atomic E-state index is -0.439. The standard InChI is InChI=1S/C20H24N2O3/c1-4-25-20(24)17-7-5-6-8-18(17)21-19(23)14-22(3)13-16-11-9-15(2)10-12-16/h5-12H,4,13-14H2,1-3H3,(H,21,23). The largest absolute Gasteiger partial charge is 0.462 e. The Morgan fingerprint density at radius 1 is 1.08 bits per heavy atom. The van der Waals surface area contributed by atoms with Gasteiger partial charge >= 0.3 is 5.97 Å². The molecule has 0 spiro atoms. The molecule has 0 saturated carbocycles. The lowest BCUT2D eigenvalue weighted by Gasteiger charge is -2.17. The van der Waals surface area contributed by atoms with E-state index in [1.54, 1.807) is 31.2 Å². The molecular weight excluding hydrogens is 316 g/mol. The fourth-order valence-corrected chi connectivity index (χ4v) is 2.47. The van der Waals surface area contributed by atoms with Crippen LogP contribution < -0.4 is 5.32 Å². The van der Waals surface area contributed by atoms with Crippen LogP contribution in [0.1, 0.15) is 28.4 Å². The summed E-state index contributed by atoms with van der Waals surface area (Å²) in [6.45, 7) is 4.99. The van der Waals surface area contributed by atoms with Gasteiger partial charge < -0.3 is 10.1 Å². The number of nitrogens with one attached hydrogen (secondary N) is 1. The lowest BCUT2D eigenvalue weighted by molar-refractivity contribution is -0.117. The van der Waals surface area contributed by atoms with Gasteiger partial charge in [-0.25, -0.2) is 4.79 Å². The molecule has 0 saturated heterocycles. The number of carbonyl (C=O) groups is 2. The highest BCUT2D eigenvalue weighted by molar-refractivity contribution is 6.01. The van der Waals surface area contributed by atoms with Crippen LogP contribution in [0.15, 0.2) is 48.5 Å². The number of esters is 1. The highest BCUT2D eigenvalue weighted by atomic mass is 16.5. The van der Waals surface area contributed by atoms with Crippen molar-refractivity contribution in [3.63, 3.8) is 0 Å². The molecule has 0 heterocycles. The monoisotopic (exact) mass is 340 g/mol. The fourth-order valence-electron chi connectivity index (χ4n) is 2.47. The number of likely N-dealkylation sites (N-methyl/N-ethyl adjacent to an activating group) is 1. The first kappa shape index (κ1) is 18.7. The SMILES string of the molecule is CCOC(=O)c1ccccc1NC(=O)CN(C)Cc1ccc(C)cc1. The van der Waals surface area contributed by atoms with Gasteiger partial charge in [0.25, 0.3) is 0 Å². The van der Waals surface area contributed by atoms with E-state index in [1.807, 2.05) is 18.9 Å². The molecular formula is C20H24N2O3. The van der Waals surface area contributed by atoms with E-state index in [1.165, 1.54) is 5.56 Å². The quantitative estimate of drug-likeness (QED) is 0.786. The summed E-state index contributed by atoms with van der Waals surface area (Å²) in [6, 6.07) is 15.1. The Morgan fingerprint density at radius 3 is 2.44 bits per heavy atom. The Morgan fingerprint density at radius 2 is 1.76 bits per heavy atom. The number of anilines is 1. The molecule has 0 aliphatic carbocycles. The third kappa shape index (κ3) is 5.72. The highest BCUT2D eigenvalue weighted by Gasteiger charge is 2.14. The normalized spacial score (nSPS) is 10.6. The summed E-state index contributed by atoms with van der Waals surface area (Å²) in [4.78, 5) is 26.2. The molecule has 0 aromatic heterocycles. The van der Waals surface area contributed by atoms with E-state index in [4.69, 9.17) is 4.74 Å². The van der Waals surface area contributed by atoms with E-state index in [-0.39, 0.29) is 12.5 Å². The molecule has 132 valence electrons. The van der Waals surface area contributed by atoms with E-state index >= 15 is 0 Å². The van der Waals surface area contributed by atoms with Crippen molar-refractivity contribution in [2.45, 2.75) is 20.4 Å². The summed E-state index contributed by atoms with van der Waals surface area (Å²) >= 11 is 0. The summed E-state index contributed by atoms with van der Waals surface area (Å²) in [5.41, 5.74) is 3.18. The molecule has 0 fully saturated rings. The van der Waals surface area contributed by atoms with Gasteiger partial charge in [-0.1, -0.05) is 42.0 Å². The van der Waals surface area contributed by atoms with Gasteiger partial charge in [-0.15, -0.1) is 0 Å². The van der Waals surface area contributed by atoms with Crippen molar-refractivity contribution in [1.29, 1.82) is 0 Å². The van der Waals surface area contributed by atoms with Crippen molar-refractivity contribution < 1.29 is 14.3 Å². The van der Waals surface area contributed by atoms with Crippen molar-refractivity contribution in [3.8, 4) is 0 Å². The molecule has 5 nitrogen and oxygen atoms in total. The number of ether oxygens (including phenoxy) is 1. The first-order valence-electron chi connectivity index (χ1n) is 8.29. The van der Waals surface area contributed by atoms with Gasteiger partial charge in [-0.05, 0) is 38.6 Å². The van der Waals surface area contributed by atoms with E-state index in [0.717, 1.165) is 5.56 Å². The van der Waals surface area contributed by atoms with Gasteiger partial charge in [0.05, 0.1) is 24.4 Å². The predicted molar refractivity (Wildman–Crippen MR) is 98.5 cm³/mol. The number of aryl methyl sites for hydroxylation is 1. The van der Waals surface area contributed by atoms with Crippen molar-refractivity contribution in [1.82, 2.24) is 4.90 Å². The second-order valence-corrected chi connectivity index (χ2v) is 5.97. The van der Waals surface area contributed by atoms with Gasteiger partial charge in [0.1, 0.15) is 0 Å². The van der Waals surface area contributed by atoms with Crippen LogP contribution in [0.5, 0.6) is 0 Å². The van der Waals surface area contributed by atoms with Crippen LogP contribution in [0.3, 0.4) is 0 Å². The van der Waals surface area contributed by atoms with Crippen LogP contribution in [0.4, 0.5) is 5.69 Å². The van der Waals surface area contributed by atoms with Crippen molar-refractivity contribution in [3.05, 3.63) is 65.2 Å². The summed E-state index contributed by atoms with van der Waals surface area (Å²) < 4.78 is 5.02. The first-order chi connectivity index (χ1) is 12.0. The summed E-state index contributed by atoms with van der Waals surface area (Å²) in [6.07, 6.45) is 0. The van der Waals surface area contributed by atoms with Crippen molar-refractivity contribution >= 4 is 17.6 Å². The van der Waals surface area contributed by atoms with E-state index < -0.39 is 5.97 Å². The highest BCUT2D eigenvalue weighted by Crippen LogP contribution is 2.16. The van der Waals surface area contributed by atoms with E-state index in [0.29, 0.717) is 24.4 Å². The fraction of sp³-hybridized carbons (Fsp3) is 0.300. The summed E-state index contributed by atoms with van der Waals surface area (Å²) in [5, 5.41) is 2.79. The molecule has 2 aromatic carbocycles. The summed E-state index contributed by atoms with van der Waals surface area (Å²) in [7, 11) is 1.89. The molecule has 0 radical (unpaired) electrons. The number of nitrogens with zero attached hydrogens (tertiary/aromatic N) is 1. The van der Waals surface area contributed by atoms with Crippen molar-refractivity contribution in [2.24, 2.45) is 0 Å². The molecule has 2 aromatic rings. The summed E-state index contributed by atoms with van der Waals surface area (Å²) in [5.74, 6) is -0.613. The predicted octanol–water partition coefficient (Wildman–Crippen LogP) is 3.24. The molecule has 1 amide bonds. The second-order valence-electron chi connectivity index (χ2n) is 5.97. The van der Waals surface area contributed by atoms with Crippen LogP contribution in [0.2, 0.25) is 0 Å².